The van der Waals surface area contributed by atoms with Gasteiger partial charge in [-0.2, -0.15) is 13.2 Å². The summed E-state index contributed by atoms with van der Waals surface area (Å²) < 4.78 is 36.7. The van der Waals surface area contributed by atoms with E-state index in [0.717, 1.165) is 17.7 Å². The summed E-state index contributed by atoms with van der Waals surface area (Å²) in [5, 5.41) is 10.9. The number of hydrogen-bond donors (Lipinski definition) is 1. The van der Waals surface area contributed by atoms with Gasteiger partial charge >= 0.3 is 6.18 Å². The van der Waals surface area contributed by atoms with Gasteiger partial charge in [0.1, 0.15) is 0 Å². The molecule has 1 fully saturated rings. The maximum Gasteiger partial charge on any atom is 0.390 e. The summed E-state index contributed by atoms with van der Waals surface area (Å²) in [6.07, 6.45) is -1.42. The zero-order chi connectivity index (χ0) is 16.2. The van der Waals surface area contributed by atoms with Gasteiger partial charge in [0.15, 0.2) is 5.71 Å². The average molecular weight is 324 g/mol. The second kappa shape index (κ2) is 5.02. The van der Waals surface area contributed by atoms with Crippen molar-refractivity contribution in [2.75, 3.05) is 19.6 Å². The number of alkyl halides is 3. The van der Waals surface area contributed by atoms with E-state index in [0.29, 0.717) is 25.2 Å². The van der Waals surface area contributed by atoms with Crippen LogP contribution in [0.2, 0.25) is 0 Å². The van der Waals surface area contributed by atoms with Crippen LogP contribution in [0, 0.1) is 0 Å². The van der Waals surface area contributed by atoms with Gasteiger partial charge < -0.3 is 10.2 Å². The highest BCUT2D eigenvalue weighted by Gasteiger charge is 2.40. The number of nitrogens with one attached hydrogen (secondary N) is 1. The number of carbonyl (C=O) groups excluding carboxylic acids is 1. The molecule has 0 saturated carbocycles. The average Bonchev–Trinajstić information content (AvgIpc) is 2.86. The summed E-state index contributed by atoms with van der Waals surface area (Å²) in [5.74, 6) is -0.292. The summed E-state index contributed by atoms with van der Waals surface area (Å²) in [4.78, 5) is 14.0. The van der Waals surface area contributed by atoms with Crippen LogP contribution in [0.25, 0.3) is 0 Å². The Balaban J connectivity index is 1.29. The van der Waals surface area contributed by atoms with Gasteiger partial charge in [-0.3, -0.25) is 4.79 Å². The van der Waals surface area contributed by atoms with Crippen molar-refractivity contribution in [3.63, 3.8) is 0 Å². The highest BCUT2D eigenvalue weighted by molar-refractivity contribution is 6.56. The third-order valence-corrected chi connectivity index (χ3v) is 4.53. The molecule has 0 radical (unpaired) electrons. The third-order valence-electron chi connectivity index (χ3n) is 4.53. The maximum absolute atomic E-state index is 12.3. The first-order valence-electron chi connectivity index (χ1n) is 7.61. The van der Waals surface area contributed by atoms with Crippen molar-refractivity contribution in [3.05, 3.63) is 22.8 Å². The Bertz CT molecular complexity index is 702. The van der Waals surface area contributed by atoms with Crippen LogP contribution >= 0.6 is 0 Å². The summed E-state index contributed by atoms with van der Waals surface area (Å²) >= 11 is 0. The molecule has 1 saturated heterocycles. The fourth-order valence-electron chi connectivity index (χ4n) is 3.23. The van der Waals surface area contributed by atoms with Gasteiger partial charge in [0.05, 0.1) is 12.1 Å². The molecule has 0 unspecified atom stereocenters. The molecule has 4 rings (SSSR count). The van der Waals surface area contributed by atoms with Crippen molar-refractivity contribution in [2.45, 2.75) is 31.5 Å². The number of carbonyl (C=O) groups is 1. The molecule has 4 aliphatic rings. The SMILES string of the molecule is O=C(N[C@@H]1CCN(CCC(F)(F)F)C1)C1=NN=C2C1=CC1=C2C1. The molecule has 0 aromatic rings. The zero-order valence-electron chi connectivity index (χ0n) is 12.3. The van der Waals surface area contributed by atoms with Crippen LogP contribution in [-0.4, -0.2) is 54.1 Å². The lowest BCUT2D eigenvalue weighted by molar-refractivity contribution is -0.137. The number of amides is 1. The maximum atomic E-state index is 12.3. The molecule has 0 bridgehead atoms. The molecule has 5 nitrogen and oxygen atoms in total. The third kappa shape index (κ3) is 2.83. The van der Waals surface area contributed by atoms with Crippen molar-refractivity contribution in [1.29, 1.82) is 0 Å². The van der Waals surface area contributed by atoms with Gasteiger partial charge in [0.2, 0.25) is 0 Å². The first-order chi connectivity index (χ1) is 10.9. The number of hydrogen-bond acceptors (Lipinski definition) is 4. The number of halogens is 3. The quantitative estimate of drug-likeness (QED) is 0.854. The molecule has 0 aromatic carbocycles. The molecule has 1 atom stereocenters. The fourth-order valence-corrected chi connectivity index (χ4v) is 3.23. The number of rotatable bonds is 4. The molecule has 1 N–H and O–H groups in total. The smallest absolute Gasteiger partial charge is 0.347 e. The lowest BCUT2D eigenvalue weighted by Gasteiger charge is -2.17. The predicted molar refractivity (Wildman–Crippen MR) is 78.3 cm³/mol. The van der Waals surface area contributed by atoms with E-state index < -0.39 is 12.6 Å². The predicted octanol–water partition coefficient (Wildman–Crippen LogP) is 1.58. The summed E-state index contributed by atoms with van der Waals surface area (Å²) in [5.41, 5.74) is 4.30. The first-order valence-corrected chi connectivity index (χ1v) is 7.61. The van der Waals surface area contributed by atoms with Crippen LogP contribution < -0.4 is 5.32 Å². The first kappa shape index (κ1) is 14.6. The van der Waals surface area contributed by atoms with Gasteiger partial charge in [-0.1, -0.05) is 0 Å². The van der Waals surface area contributed by atoms with E-state index in [-0.39, 0.29) is 18.5 Å². The molecule has 2 aliphatic carbocycles. The molecular weight excluding hydrogens is 309 g/mol. The fraction of sp³-hybridized carbons (Fsp3) is 0.533. The Kier molecular flexibility index (Phi) is 3.19. The minimum absolute atomic E-state index is 0.0220. The van der Waals surface area contributed by atoms with E-state index in [1.807, 2.05) is 6.08 Å². The number of allylic oxidation sites excluding steroid dienone is 3. The lowest BCUT2D eigenvalue weighted by atomic mass is 10.0. The van der Waals surface area contributed by atoms with Crippen LogP contribution in [0.4, 0.5) is 13.2 Å². The second-order valence-corrected chi connectivity index (χ2v) is 6.26. The van der Waals surface area contributed by atoms with Gasteiger partial charge in [-0.05, 0) is 23.6 Å². The highest BCUT2D eigenvalue weighted by atomic mass is 19.4. The van der Waals surface area contributed by atoms with E-state index in [2.05, 4.69) is 15.5 Å². The van der Waals surface area contributed by atoms with Gasteiger partial charge in [-0.15, -0.1) is 10.2 Å². The Morgan fingerprint density at radius 3 is 3.00 bits per heavy atom. The van der Waals surface area contributed by atoms with Crippen LogP contribution in [0.5, 0.6) is 0 Å². The summed E-state index contributed by atoms with van der Waals surface area (Å²) in [6.45, 7) is 0.982. The van der Waals surface area contributed by atoms with Gasteiger partial charge in [0, 0.05) is 37.7 Å². The Hall–Kier alpha value is -1.96. The van der Waals surface area contributed by atoms with Crippen molar-refractivity contribution in [1.82, 2.24) is 10.2 Å². The van der Waals surface area contributed by atoms with Gasteiger partial charge in [0.25, 0.3) is 5.91 Å². The van der Waals surface area contributed by atoms with E-state index in [4.69, 9.17) is 0 Å². The number of fused-ring (bicyclic) bond motifs is 2. The lowest BCUT2D eigenvalue weighted by Crippen LogP contribution is -2.41. The monoisotopic (exact) mass is 324 g/mol. The van der Waals surface area contributed by atoms with E-state index in [9.17, 15) is 18.0 Å². The molecule has 0 spiro atoms. The topological polar surface area (TPSA) is 57.1 Å². The van der Waals surface area contributed by atoms with Crippen molar-refractivity contribution < 1.29 is 18.0 Å². The van der Waals surface area contributed by atoms with Crippen LogP contribution in [0.15, 0.2) is 33.0 Å². The highest BCUT2D eigenvalue weighted by Crippen LogP contribution is 2.43. The van der Waals surface area contributed by atoms with Crippen LogP contribution in [0.1, 0.15) is 19.3 Å². The van der Waals surface area contributed by atoms with Crippen molar-refractivity contribution >= 4 is 17.3 Å². The molecule has 0 aromatic heterocycles. The zero-order valence-corrected chi connectivity index (χ0v) is 12.3. The van der Waals surface area contributed by atoms with Crippen LogP contribution in [0.3, 0.4) is 0 Å². The van der Waals surface area contributed by atoms with E-state index >= 15 is 0 Å². The largest absolute Gasteiger partial charge is 0.390 e. The number of nitrogens with zero attached hydrogens (tertiary/aromatic N) is 3. The number of likely N-dealkylation sites (tertiary alicyclic amines) is 1. The van der Waals surface area contributed by atoms with E-state index in [1.54, 1.807) is 4.90 Å². The normalized spacial score (nSPS) is 25.9. The van der Waals surface area contributed by atoms with Crippen molar-refractivity contribution in [3.8, 4) is 0 Å². The summed E-state index contributed by atoms with van der Waals surface area (Å²) in [7, 11) is 0. The molecule has 2 aliphatic heterocycles. The standard InChI is InChI=1S/C15H15F3N4O/c16-15(17,18)2-4-22-3-1-9(7-22)19-14(23)13-11-6-8-5-10(8)12(11)20-21-13/h6,9H,1-5,7H2,(H,19,23)/t9-/m1/s1. The summed E-state index contributed by atoms with van der Waals surface area (Å²) in [6, 6.07) is -0.140. The minimum Gasteiger partial charge on any atom is -0.347 e. The molecular formula is C15H15F3N4O. The molecule has 23 heavy (non-hydrogen) atoms. The molecule has 2 heterocycles. The van der Waals surface area contributed by atoms with Crippen molar-refractivity contribution in [2.24, 2.45) is 10.2 Å². The molecule has 1 amide bonds. The van der Waals surface area contributed by atoms with Gasteiger partial charge in [-0.25, -0.2) is 0 Å². The van der Waals surface area contributed by atoms with E-state index in [1.165, 1.54) is 11.1 Å². The Labute approximate surface area is 130 Å². The van der Waals surface area contributed by atoms with Crippen LogP contribution in [-0.2, 0) is 4.79 Å². The molecule has 8 heteroatoms. The molecule has 122 valence electrons. The Morgan fingerprint density at radius 2 is 2.22 bits per heavy atom. The second-order valence-electron chi connectivity index (χ2n) is 6.26. The Morgan fingerprint density at radius 1 is 1.39 bits per heavy atom. The minimum atomic E-state index is -4.14.